The first kappa shape index (κ1) is 17.9. The standard InChI is InChI=1S/C19H22N4O3S/c1-3-14-13(12(2)26-22-14)10-20-19(24)23-8-9-25-11-16(23)18-21-15-6-4-5-7-17(15)27-18/h4-7,16H,3,8-11H2,1-2H3,(H,20,24). The lowest BCUT2D eigenvalue weighted by molar-refractivity contribution is 0.0116. The van der Waals surface area contributed by atoms with Crippen LogP contribution >= 0.6 is 11.3 Å². The molecule has 0 spiro atoms. The molecule has 142 valence electrons. The Morgan fingerprint density at radius 2 is 2.26 bits per heavy atom. The highest BCUT2D eigenvalue weighted by atomic mass is 32.1. The molecule has 0 bridgehead atoms. The van der Waals surface area contributed by atoms with Crippen molar-refractivity contribution in [2.75, 3.05) is 19.8 Å². The van der Waals surface area contributed by atoms with Crippen LogP contribution in [0.4, 0.5) is 4.79 Å². The van der Waals surface area contributed by atoms with Crippen molar-refractivity contribution in [3.8, 4) is 0 Å². The number of nitrogens with one attached hydrogen (secondary N) is 1. The minimum Gasteiger partial charge on any atom is -0.377 e. The van der Waals surface area contributed by atoms with Gasteiger partial charge in [-0.3, -0.25) is 0 Å². The molecule has 2 amide bonds. The van der Waals surface area contributed by atoms with Crippen LogP contribution in [-0.2, 0) is 17.7 Å². The summed E-state index contributed by atoms with van der Waals surface area (Å²) in [5.41, 5.74) is 2.80. The molecule has 3 heterocycles. The van der Waals surface area contributed by atoms with Gasteiger partial charge in [0, 0.05) is 18.7 Å². The maximum absolute atomic E-state index is 12.9. The van der Waals surface area contributed by atoms with Crippen molar-refractivity contribution in [2.45, 2.75) is 32.9 Å². The summed E-state index contributed by atoms with van der Waals surface area (Å²) in [6.07, 6.45) is 0.772. The van der Waals surface area contributed by atoms with E-state index in [-0.39, 0.29) is 12.1 Å². The number of nitrogens with zero attached hydrogens (tertiary/aromatic N) is 3. The minimum atomic E-state index is -0.176. The largest absolute Gasteiger partial charge is 0.377 e. The van der Waals surface area contributed by atoms with Gasteiger partial charge in [-0.25, -0.2) is 9.78 Å². The third-order valence-electron chi connectivity index (χ3n) is 4.80. The molecule has 1 saturated heterocycles. The minimum absolute atomic E-state index is 0.120. The summed E-state index contributed by atoms with van der Waals surface area (Å²) in [7, 11) is 0. The average molecular weight is 386 g/mol. The second-order valence-electron chi connectivity index (χ2n) is 6.48. The van der Waals surface area contributed by atoms with Crippen molar-refractivity contribution < 1.29 is 14.1 Å². The molecule has 27 heavy (non-hydrogen) atoms. The molecule has 1 aliphatic heterocycles. The number of carbonyl (C=O) groups excluding carboxylic acids is 1. The number of para-hydroxylation sites is 1. The highest BCUT2D eigenvalue weighted by molar-refractivity contribution is 7.18. The molecule has 1 N–H and O–H groups in total. The lowest BCUT2D eigenvalue weighted by Crippen LogP contribution is -2.48. The van der Waals surface area contributed by atoms with Gasteiger partial charge in [-0.05, 0) is 25.5 Å². The molecule has 8 heteroatoms. The summed E-state index contributed by atoms with van der Waals surface area (Å²) in [6.45, 7) is 5.82. The van der Waals surface area contributed by atoms with Crippen molar-refractivity contribution in [3.05, 3.63) is 46.3 Å². The number of amides is 2. The molecule has 1 unspecified atom stereocenters. The predicted molar refractivity (Wildman–Crippen MR) is 103 cm³/mol. The van der Waals surface area contributed by atoms with E-state index in [0.717, 1.165) is 38.7 Å². The summed E-state index contributed by atoms with van der Waals surface area (Å²) < 4.78 is 12.0. The van der Waals surface area contributed by atoms with Crippen molar-refractivity contribution in [1.29, 1.82) is 0 Å². The van der Waals surface area contributed by atoms with Crippen molar-refractivity contribution >= 4 is 27.6 Å². The highest BCUT2D eigenvalue weighted by Gasteiger charge is 2.31. The quantitative estimate of drug-likeness (QED) is 0.743. The molecule has 2 aromatic heterocycles. The molecule has 1 atom stereocenters. The Morgan fingerprint density at radius 1 is 1.41 bits per heavy atom. The van der Waals surface area contributed by atoms with Gasteiger partial charge in [0.2, 0.25) is 0 Å². The number of hydrogen-bond acceptors (Lipinski definition) is 6. The first-order valence-corrected chi connectivity index (χ1v) is 9.90. The molecule has 4 rings (SSSR count). The number of benzene rings is 1. The molecule has 7 nitrogen and oxygen atoms in total. The van der Waals surface area contributed by atoms with E-state index in [2.05, 4.69) is 10.5 Å². The van der Waals surface area contributed by atoms with Crippen molar-refractivity contribution in [1.82, 2.24) is 20.4 Å². The highest BCUT2D eigenvalue weighted by Crippen LogP contribution is 2.31. The lowest BCUT2D eigenvalue weighted by atomic mass is 10.1. The van der Waals surface area contributed by atoms with Crippen LogP contribution in [0.2, 0.25) is 0 Å². The number of morpholine rings is 1. The van der Waals surface area contributed by atoms with Crippen LogP contribution in [0.15, 0.2) is 28.8 Å². The van der Waals surface area contributed by atoms with E-state index in [9.17, 15) is 4.79 Å². The maximum atomic E-state index is 12.9. The van der Waals surface area contributed by atoms with E-state index in [0.29, 0.717) is 26.3 Å². The number of hydrogen-bond donors (Lipinski definition) is 1. The van der Waals surface area contributed by atoms with Crippen LogP contribution in [0.5, 0.6) is 0 Å². The van der Waals surface area contributed by atoms with E-state index < -0.39 is 0 Å². The van der Waals surface area contributed by atoms with E-state index in [1.807, 2.05) is 43.0 Å². The first-order valence-electron chi connectivity index (χ1n) is 9.09. The number of fused-ring (bicyclic) bond motifs is 1. The Kier molecular flexibility index (Phi) is 5.09. The normalized spacial score (nSPS) is 17.4. The van der Waals surface area contributed by atoms with Crippen LogP contribution in [0.1, 0.15) is 35.0 Å². The molecule has 1 fully saturated rings. The Labute approximate surface area is 161 Å². The molecule has 0 saturated carbocycles. The van der Waals surface area contributed by atoms with Gasteiger partial charge in [-0.1, -0.05) is 24.2 Å². The number of ether oxygens (including phenoxy) is 1. The van der Waals surface area contributed by atoms with E-state index in [4.69, 9.17) is 14.2 Å². The summed E-state index contributed by atoms with van der Waals surface area (Å²) >= 11 is 1.61. The molecule has 1 aromatic carbocycles. The van der Waals surface area contributed by atoms with Gasteiger partial charge in [0.05, 0.1) is 29.1 Å². The Hall–Kier alpha value is -2.45. The summed E-state index contributed by atoms with van der Waals surface area (Å²) in [6, 6.07) is 7.71. The Balaban J connectivity index is 1.51. The Morgan fingerprint density at radius 3 is 3.07 bits per heavy atom. The maximum Gasteiger partial charge on any atom is 0.318 e. The smallest absolute Gasteiger partial charge is 0.318 e. The number of aryl methyl sites for hydroxylation is 2. The van der Waals surface area contributed by atoms with Crippen LogP contribution in [0.3, 0.4) is 0 Å². The van der Waals surface area contributed by atoms with E-state index >= 15 is 0 Å². The molecular formula is C19H22N4O3S. The summed E-state index contributed by atoms with van der Waals surface area (Å²) in [5, 5.41) is 7.96. The average Bonchev–Trinajstić information content (AvgIpc) is 3.29. The predicted octanol–water partition coefficient (Wildman–Crippen LogP) is 3.44. The number of rotatable bonds is 4. The second kappa shape index (κ2) is 7.66. The Bertz CT molecular complexity index is 918. The third-order valence-corrected chi connectivity index (χ3v) is 5.94. The fraction of sp³-hybridized carbons (Fsp3) is 0.421. The van der Waals surface area contributed by atoms with E-state index in [1.54, 1.807) is 11.3 Å². The number of aromatic nitrogens is 2. The van der Waals surface area contributed by atoms with Gasteiger partial charge < -0.3 is 19.5 Å². The fourth-order valence-electron chi connectivity index (χ4n) is 3.29. The molecule has 1 aliphatic rings. The second-order valence-corrected chi connectivity index (χ2v) is 7.54. The summed E-state index contributed by atoms with van der Waals surface area (Å²) in [5.74, 6) is 0.747. The summed E-state index contributed by atoms with van der Waals surface area (Å²) in [4.78, 5) is 19.4. The van der Waals surface area contributed by atoms with Gasteiger partial charge in [-0.2, -0.15) is 0 Å². The van der Waals surface area contributed by atoms with Crippen LogP contribution < -0.4 is 5.32 Å². The molecule has 0 radical (unpaired) electrons. The van der Waals surface area contributed by atoms with Crippen LogP contribution in [-0.4, -0.2) is 40.8 Å². The first-order chi connectivity index (χ1) is 13.2. The monoisotopic (exact) mass is 386 g/mol. The molecule has 0 aliphatic carbocycles. The number of urea groups is 1. The zero-order valence-electron chi connectivity index (χ0n) is 15.4. The fourth-order valence-corrected chi connectivity index (χ4v) is 4.36. The SMILES string of the molecule is CCc1noc(C)c1CNC(=O)N1CCOCC1c1nc2ccccc2s1. The van der Waals surface area contributed by atoms with Gasteiger partial charge in [0.15, 0.2) is 0 Å². The lowest BCUT2D eigenvalue weighted by Gasteiger charge is -2.34. The zero-order valence-corrected chi connectivity index (χ0v) is 16.2. The van der Waals surface area contributed by atoms with Gasteiger partial charge in [-0.15, -0.1) is 11.3 Å². The molecule has 3 aromatic rings. The van der Waals surface area contributed by atoms with Gasteiger partial charge in [0.25, 0.3) is 0 Å². The van der Waals surface area contributed by atoms with Crippen LogP contribution in [0, 0.1) is 6.92 Å². The zero-order chi connectivity index (χ0) is 18.8. The van der Waals surface area contributed by atoms with Crippen molar-refractivity contribution in [2.24, 2.45) is 0 Å². The van der Waals surface area contributed by atoms with Gasteiger partial charge in [0.1, 0.15) is 16.8 Å². The molecular weight excluding hydrogens is 364 g/mol. The van der Waals surface area contributed by atoms with E-state index in [1.165, 1.54) is 0 Å². The number of carbonyl (C=O) groups is 1. The third kappa shape index (κ3) is 3.54. The van der Waals surface area contributed by atoms with Crippen molar-refractivity contribution in [3.63, 3.8) is 0 Å². The number of thiazole rings is 1. The van der Waals surface area contributed by atoms with Crippen LogP contribution in [0.25, 0.3) is 10.2 Å². The topological polar surface area (TPSA) is 80.5 Å². The van der Waals surface area contributed by atoms with Gasteiger partial charge >= 0.3 is 6.03 Å².